The van der Waals surface area contributed by atoms with Crippen molar-refractivity contribution in [1.82, 2.24) is 25.3 Å². The maximum Gasteiger partial charge on any atom is 0.347 e. The summed E-state index contributed by atoms with van der Waals surface area (Å²) in [6.07, 6.45) is -30.1. The van der Waals surface area contributed by atoms with Crippen LogP contribution < -0.4 is 21.9 Å². The van der Waals surface area contributed by atoms with E-state index in [1.165, 1.54) is 53.3 Å². The molecule has 526 valence electrons. The number of ether oxygens (including phenoxy) is 14. The molecule has 37 nitrogen and oxygen atoms in total. The molecule has 0 bridgehead atoms. The number of aliphatic hydroxyl groups is 9. The Hall–Kier alpha value is -6.41. The van der Waals surface area contributed by atoms with Gasteiger partial charge in [0.2, 0.25) is 5.95 Å². The molecule has 37 heteroatoms. The number of rotatable bonds is 32. The molecule has 1 aromatic carbocycles. The first kappa shape index (κ1) is 75.0. The number of esters is 3. The van der Waals surface area contributed by atoms with Gasteiger partial charge in [-0.3, -0.25) is 19.4 Å². The molecule has 0 aliphatic carbocycles. The largest absolute Gasteiger partial charge is 0.480 e. The lowest BCUT2D eigenvalue weighted by Crippen LogP contribution is -2.64. The van der Waals surface area contributed by atoms with E-state index >= 15 is 0 Å². The number of carboxylic acids is 1. The lowest BCUT2D eigenvalue weighted by molar-refractivity contribution is -0.369. The highest BCUT2D eigenvalue weighted by Crippen LogP contribution is 2.35. The van der Waals surface area contributed by atoms with Crippen molar-refractivity contribution in [1.29, 1.82) is 0 Å². The third-order valence-corrected chi connectivity index (χ3v) is 16.1. The van der Waals surface area contributed by atoms with E-state index in [0.717, 1.165) is 0 Å². The van der Waals surface area contributed by atoms with Crippen LogP contribution in [0.3, 0.4) is 0 Å². The fraction of sp³-hybridized carbons (Fsp3) is 0.702. The number of carboxylic acid groups (broad SMARTS) is 1. The summed E-state index contributed by atoms with van der Waals surface area (Å²) in [5, 5.41) is 115. The Morgan fingerprint density at radius 1 is 0.670 bits per heavy atom. The number of aliphatic carboxylic acids is 1. The van der Waals surface area contributed by atoms with Gasteiger partial charge in [-0.25, -0.2) is 24.4 Å². The van der Waals surface area contributed by atoms with Crippen LogP contribution in [0.5, 0.6) is 0 Å². The molecule has 4 fully saturated rings. The number of nitrogens with one attached hydrogen (secondary N) is 3. The summed E-state index contributed by atoms with van der Waals surface area (Å²) in [6.45, 7) is 1.95. The minimum atomic E-state index is -1.94. The Balaban J connectivity index is 0.870. The maximum atomic E-state index is 13.0. The number of carbonyl (C=O) groups is 5. The van der Waals surface area contributed by atoms with Gasteiger partial charge >= 0.3 is 23.9 Å². The Kier molecular flexibility index (Phi) is 27.9. The summed E-state index contributed by atoms with van der Waals surface area (Å²) in [7, 11) is 2.46. The number of amides is 1. The maximum absolute atomic E-state index is 13.0. The van der Waals surface area contributed by atoms with E-state index in [9.17, 15) is 79.8 Å². The summed E-state index contributed by atoms with van der Waals surface area (Å²) in [5.41, 5.74) is 6.11. The predicted octanol–water partition coefficient (Wildman–Crippen LogP) is -5.56. The molecule has 3 aromatic rings. The average molecular weight is 1350 g/mol. The van der Waals surface area contributed by atoms with E-state index in [1.807, 2.05) is 0 Å². The number of anilines is 2. The number of nitrogens with zero attached hydrogens (tertiary/aromatic N) is 3. The van der Waals surface area contributed by atoms with E-state index < -0.39 is 216 Å². The van der Waals surface area contributed by atoms with E-state index in [-0.39, 0.29) is 55.5 Å². The van der Waals surface area contributed by atoms with Crippen LogP contribution in [-0.4, -0.2) is 297 Å². The van der Waals surface area contributed by atoms with Gasteiger partial charge in [-0.15, -0.1) is 0 Å². The van der Waals surface area contributed by atoms with Crippen molar-refractivity contribution in [3.05, 3.63) is 52.1 Å². The van der Waals surface area contributed by atoms with Crippen LogP contribution in [0.25, 0.3) is 11.2 Å². The fourth-order valence-corrected chi connectivity index (χ4v) is 10.3. The quantitative estimate of drug-likeness (QED) is 0.0157. The summed E-state index contributed by atoms with van der Waals surface area (Å²) >= 11 is 0. The highest BCUT2D eigenvalue weighted by Gasteiger charge is 2.53. The standard InChI is InChI=1S/C57H83N7O30/c1-23-31(19-65)89-56(46(38(23)69)85-15-16-86-51(79)26(4)88-52(80)25(3)81-5)94-44-32(20-66)90-54(43(74)40(44)71)87-22-33-24(2)37(68)41(72)55(91-33)93-45-34(92-53(82-6)42(73)39(45)70)21-83-13-14-84-35(67)12-11-30(50(77)78)62-48(75)27-7-9-28(10-8-27)59-17-29-18-60-47-36(61-29)49(76)64-57(58)63-47/h7-10,18,23-26,30-34,37-46,53-56,59,65-66,68-74H,11-17,19-22H2,1-6H3,(H,62,75)(H,77,78)(H3,58,60,63,64,76)/t23-,24-,25?,26?,30?,31?,32?,33?,34?,37?,38?,39?,40?,41?,42?,43?,44?,45?,46?,53?,54?,55?,56?/m1/s1. The molecule has 2 aromatic heterocycles. The lowest BCUT2D eigenvalue weighted by Gasteiger charge is -2.48. The van der Waals surface area contributed by atoms with E-state index in [1.54, 1.807) is 19.1 Å². The number of aromatic amines is 1. The van der Waals surface area contributed by atoms with Gasteiger partial charge in [-0.05, 0) is 44.5 Å². The zero-order chi connectivity index (χ0) is 68.7. The van der Waals surface area contributed by atoms with Crippen molar-refractivity contribution >= 4 is 52.6 Å². The average Bonchev–Trinajstić information content (AvgIpc) is 0.807. The second kappa shape index (κ2) is 35.0. The minimum Gasteiger partial charge on any atom is -0.480 e. The van der Waals surface area contributed by atoms with E-state index in [4.69, 9.17) is 72.0 Å². The monoisotopic (exact) mass is 1350 g/mol. The molecular weight excluding hydrogens is 1260 g/mol. The van der Waals surface area contributed by atoms with E-state index in [0.29, 0.717) is 11.4 Å². The highest BCUT2D eigenvalue weighted by molar-refractivity contribution is 5.97. The highest BCUT2D eigenvalue weighted by atomic mass is 16.8. The predicted molar refractivity (Wildman–Crippen MR) is 311 cm³/mol. The Labute approximate surface area is 535 Å². The number of fused-ring (bicyclic) bond motifs is 1. The van der Waals surface area contributed by atoms with Crippen LogP contribution in [0, 0.1) is 11.8 Å². The van der Waals surface area contributed by atoms with Gasteiger partial charge in [0.1, 0.15) is 80.3 Å². The summed E-state index contributed by atoms with van der Waals surface area (Å²) in [6, 6.07) is 4.47. The molecule has 7 rings (SSSR count). The van der Waals surface area contributed by atoms with Crippen molar-refractivity contribution in [2.75, 3.05) is 78.1 Å². The molecule has 0 radical (unpaired) electrons. The third kappa shape index (κ3) is 19.2. The lowest BCUT2D eigenvalue weighted by atomic mass is 9.90. The van der Waals surface area contributed by atoms with Gasteiger partial charge in [0.05, 0.1) is 82.5 Å². The number of nitrogens with two attached hydrogens (primary N) is 1. The SMILES string of the molecule is COC(C)C(=O)OC(C)C(=O)OCCOC1C(OC2C(CO)OC(OCC3OC(OC4C(COCCOC(=O)CCC(NC(=O)c5ccc(NCc6cnc7nc(N)[nH]c(=O)c7n6)cc5)C(=O)O)OC(OC)C(O)C4O)C(O)C(O)[C@@H]3C)C(O)C2O)OC(CO)[C@@H](C)C1O. The fourth-order valence-electron chi connectivity index (χ4n) is 10.3. The molecule has 1 amide bonds. The zero-order valence-electron chi connectivity index (χ0n) is 52.0. The first-order valence-corrected chi connectivity index (χ1v) is 30.0. The summed E-state index contributed by atoms with van der Waals surface area (Å²) < 4.78 is 78.5. The van der Waals surface area contributed by atoms with Crippen LogP contribution in [0.1, 0.15) is 56.6 Å². The molecule has 4 aliphatic rings. The van der Waals surface area contributed by atoms with Gasteiger partial charge in [-0.2, -0.15) is 4.98 Å². The number of methoxy groups -OCH3 is 2. The van der Waals surface area contributed by atoms with Crippen molar-refractivity contribution in [2.24, 2.45) is 11.8 Å². The molecule has 4 aliphatic heterocycles. The van der Waals surface area contributed by atoms with Crippen molar-refractivity contribution in [3.8, 4) is 0 Å². The normalized spacial score (nSPS) is 32.2. The smallest absolute Gasteiger partial charge is 0.347 e. The van der Waals surface area contributed by atoms with Gasteiger partial charge in [0, 0.05) is 43.7 Å². The number of carbonyl (C=O) groups excluding carboxylic acids is 4. The zero-order valence-corrected chi connectivity index (χ0v) is 52.0. The number of H-pyrrole nitrogens is 1. The van der Waals surface area contributed by atoms with Crippen LogP contribution in [-0.2, 0) is 92.0 Å². The molecule has 23 atom stereocenters. The number of hydrogen-bond acceptors (Lipinski definition) is 34. The van der Waals surface area contributed by atoms with Gasteiger partial charge in [-0.1, -0.05) is 13.8 Å². The molecule has 15 N–H and O–H groups in total. The molecule has 6 heterocycles. The third-order valence-electron chi connectivity index (χ3n) is 16.1. The molecule has 4 saturated heterocycles. The second-order valence-corrected chi connectivity index (χ2v) is 22.5. The van der Waals surface area contributed by atoms with Crippen molar-refractivity contribution in [3.63, 3.8) is 0 Å². The van der Waals surface area contributed by atoms with Crippen LogP contribution in [0.4, 0.5) is 11.6 Å². The molecule has 94 heavy (non-hydrogen) atoms. The molecule has 0 saturated carbocycles. The number of nitrogen functional groups attached to an aromatic ring is 1. The molecule has 0 spiro atoms. The molecule has 21 unspecified atom stereocenters. The van der Waals surface area contributed by atoms with Crippen LogP contribution >= 0.6 is 0 Å². The van der Waals surface area contributed by atoms with Gasteiger partial charge in [0.15, 0.2) is 48.5 Å². The topological polar surface area (TPSA) is 538 Å². The Bertz CT molecular complexity index is 3010. The summed E-state index contributed by atoms with van der Waals surface area (Å²) in [4.78, 5) is 89.3. The van der Waals surface area contributed by atoms with Crippen LogP contribution in [0.15, 0.2) is 35.3 Å². The first-order valence-electron chi connectivity index (χ1n) is 30.0. The summed E-state index contributed by atoms with van der Waals surface area (Å²) in [5.74, 6) is -6.57. The Morgan fingerprint density at radius 2 is 1.29 bits per heavy atom. The number of hydrogen-bond donors (Lipinski definition) is 14. The van der Waals surface area contributed by atoms with E-state index in [2.05, 4.69) is 30.6 Å². The van der Waals surface area contributed by atoms with Crippen molar-refractivity contribution < 1.29 is 141 Å². The van der Waals surface area contributed by atoms with Gasteiger partial charge < -0.3 is 134 Å². The number of aromatic nitrogens is 4. The van der Waals surface area contributed by atoms with Gasteiger partial charge in [0.25, 0.3) is 11.5 Å². The second-order valence-electron chi connectivity index (χ2n) is 22.5. The first-order chi connectivity index (χ1) is 44.8. The molecular formula is C57H83N7O30. The Morgan fingerprint density at radius 3 is 1.96 bits per heavy atom. The number of aliphatic hydroxyl groups excluding tert-OH is 9. The van der Waals surface area contributed by atoms with Crippen LogP contribution in [0.2, 0.25) is 0 Å². The number of benzene rings is 1. The minimum absolute atomic E-state index is 0.00570. The van der Waals surface area contributed by atoms with Crippen molar-refractivity contribution in [2.45, 2.75) is 176 Å².